The van der Waals surface area contributed by atoms with Gasteiger partial charge in [-0.1, -0.05) is 0 Å². The first kappa shape index (κ1) is 25.0. The molecule has 0 saturated heterocycles. The van der Waals surface area contributed by atoms with E-state index < -0.39 is 23.0 Å². The number of aromatic nitrogens is 1. The van der Waals surface area contributed by atoms with Crippen LogP contribution in [0.5, 0.6) is 23.0 Å². The third-order valence-corrected chi connectivity index (χ3v) is 6.76. The van der Waals surface area contributed by atoms with Crippen LogP contribution < -0.4 is 24.8 Å². The second kappa shape index (κ2) is 9.66. The van der Waals surface area contributed by atoms with E-state index in [-0.39, 0.29) is 0 Å². The first-order valence-corrected chi connectivity index (χ1v) is 12.0. The summed E-state index contributed by atoms with van der Waals surface area (Å²) in [5, 5.41) is 0.729. The van der Waals surface area contributed by atoms with E-state index in [1.54, 1.807) is 56.8 Å². The van der Waals surface area contributed by atoms with Gasteiger partial charge in [-0.05, 0) is 79.9 Å². The number of hydrogen-bond donors (Lipinski definition) is 1. The fourth-order valence-electron chi connectivity index (χ4n) is 4.47. The van der Waals surface area contributed by atoms with Gasteiger partial charge in [0.1, 0.15) is 22.7 Å². The average molecular weight is 516 g/mol. The second-order valence-electron chi connectivity index (χ2n) is 9.15. The number of amides is 2. The standard InChI is InChI=1S/C29H26FN3O5/c1-17-14-20(38-24-10-13-32-22-16-26(37-3)25(36-2)15-21(22)24)8-9-23(17)33(19-6-4-18(30)5-7-19)28(35)29(11-12-29)27(31)34/h4-10,13-16H,11-12H2,1-3H3,(H2,31,34). The summed E-state index contributed by atoms with van der Waals surface area (Å²) < 4.78 is 30.7. The number of ether oxygens (including phenoxy) is 3. The molecule has 0 atom stereocenters. The maximum Gasteiger partial charge on any atom is 0.247 e. The number of rotatable bonds is 8. The number of fused-ring (bicyclic) bond motifs is 1. The minimum atomic E-state index is -1.26. The fraction of sp³-hybridized carbons (Fsp3) is 0.207. The first-order valence-electron chi connectivity index (χ1n) is 12.0. The molecule has 2 N–H and O–H groups in total. The number of anilines is 2. The van der Waals surface area contributed by atoms with Gasteiger partial charge in [-0.2, -0.15) is 0 Å². The van der Waals surface area contributed by atoms with Crippen LogP contribution in [0.25, 0.3) is 10.9 Å². The number of carbonyl (C=O) groups is 2. The highest BCUT2D eigenvalue weighted by Crippen LogP contribution is 2.49. The van der Waals surface area contributed by atoms with Gasteiger partial charge in [-0.25, -0.2) is 4.39 Å². The lowest BCUT2D eigenvalue weighted by atomic mass is 10.0. The number of hydrogen-bond acceptors (Lipinski definition) is 6. The van der Waals surface area contributed by atoms with E-state index in [0.29, 0.717) is 58.3 Å². The molecule has 0 radical (unpaired) electrons. The molecule has 1 heterocycles. The van der Waals surface area contributed by atoms with E-state index in [2.05, 4.69) is 4.98 Å². The summed E-state index contributed by atoms with van der Waals surface area (Å²) in [5.41, 5.74) is 6.68. The molecule has 38 heavy (non-hydrogen) atoms. The quantitative estimate of drug-likeness (QED) is 0.314. The molecule has 1 aliphatic rings. The van der Waals surface area contributed by atoms with E-state index in [1.807, 2.05) is 6.92 Å². The van der Waals surface area contributed by atoms with E-state index in [9.17, 15) is 14.0 Å². The van der Waals surface area contributed by atoms with E-state index >= 15 is 0 Å². The molecule has 8 nitrogen and oxygen atoms in total. The summed E-state index contributed by atoms with van der Waals surface area (Å²) in [7, 11) is 3.11. The number of benzene rings is 3. The number of primary amides is 1. The van der Waals surface area contributed by atoms with Crippen molar-refractivity contribution in [3.8, 4) is 23.0 Å². The van der Waals surface area contributed by atoms with Gasteiger partial charge in [0.25, 0.3) is 0 Å². The van der Waals surface area contributed by atoms with Crippen molar-refractivity contribution in [3.63, 3.8) is 0 Å². The van der Waals surface area contributed by atoms with Crippen LogP contribution in [0.1, 0.15) is 18.4 Å². The van der Waals surface area contributed by atoms with Crippen molar-refractivity contribution in [3.05, 3.63) is 78.2 Å². The van der Waals surface area contributed by atoms with Crippen molar-refractivity contribution < 1.29 is 28.2 Å². The van der Waals surface area contributed by atoms with Gasteiger partial charge in [0.2, 0.25) is 11.8 Å². The van der Waals surface area contributed by atoms with E-state index in [1.165, 1.54) is 29.2 Å². The smallest absolute Gasteiger partial charge is 0.247 e. The Balaban J connectivity index is 1.52. The molecule has 194 valence electrons. The summed E-state index contributed by atoms with van der Waals surface area (Å²) in [5.74, 6) is 0.646. The van der Waals surface area contributed by atoms with Crippen molar-refractivity contribution in [2.24, 2.45) is 11.1 Å². The zero-order valence-corrected chi connectivity index (χ0v) is 21.2. The number of methoxy groups -OCH3 is 2. The van der Waals surface area contributed by atoms with Crippen molar-refractivity contribution >= 4 is 34.1 Å². The van der Waals surface area contributed by atoms with Crippen LogP contribution in [0, 0.1) is 18.2 Å². The third kappa shape index (κ3) is 4.36. The lowest BCUT2D eigenvalue weighted by Crippen LogP contribution is -2.41. The second-order valence-corrected chi connectivity index (χ2v) is 9.15. The van der Waals surface area contributed by atoms with Gasteiger partial charge in [0, 0.05) is 23.3 Å². The molecular weight excluding hydrogens is 489 g/mol. The predicted molar refractivity (Wildman–Crippen MR) is 141 cm³/mol. The molecule has 1 aliphatic carbocycles. The van der Waals surface area contributed by atoms with Crippen LogP contribution in [-0.2, 0) is 9.59 Å². The molecule has 0 spiro atoms. The monoisotopic (exact) mass is 515 g/mol. The molecule has 0 aliphatic heterocycles. The van der Waals surface area contributed by atoms with Crippen molar-refractivity contribution in [2.75, 3.05) is 19.1 Å². The molecule has 9 heteroatoms. The molecular formula is C29H26FN3O5. The predicted octanol–water partition coefficient (Wildman–Crippen LogP) is 5.42. The number of nitrogens with two attached hydrogens (primary N) is 1. The number of pyridine rings is 1. The Morgan fingerprint density at radius 1 is 0.947 bits per heavy atom. The third-order valence-electron chi connectivity index (χ3n) is 6.76. The Labute approximate surface area is 218 Å². The van der Waals surface area contributed by atoms with E-state index in [0.717, 1.165) is 5.39 Å². The minimum absolute atomic E-state index is 0.377. The van der Waals surface area contributed by atoms with E-state index in [4.69, 9.17) is 19.9 Å². The van der Waals surface area contributed by atoms with Crippen LogP contribution in [0.2, 0.25) is 0 Å². The van der Waals surface area contributed by atoms with Gasteiger partial charge >= 0.3 is 0 Å². The molecule has 0 unspecified atom stereocenters. The summed E-state index contributed by atoms with van der Waals surface area (Å²) in [4.78, 5) is 31.6. The van der Waals surface area contributed by atoms with Gasteiger partial charge < -0.3 is 19.9 Å². The lowest BCUT2D eigenvalue weighted by Gasteiger charge is -2.28. The molecule has 2 amide bonds. The molecule has 4 aromatic rings. The zero-order chi connectivity index (χ0) is 27.0. The number of halogens is 1. The Kier molecular flexibility index (Phi) is 6.36. The van der Waals surface area contributed by atoms with Crippen LogP contribution in [0.3, 0.4) is 0 Å². The van der Waals surface area contributed by atoms with Crippen molar-refractivity contribution in [2.45, 2.75) is 19.8 Å². The van der Waals surface area contributed by atoms with Gasteiger partial charge in [-0.3, -0.25) is 19.5 Å². The summed E-state index contributed by atoms with van der Waals surface area (Å²) in [6.07, 6.45) is 2.39. The normalized spacial score (nSPS) is 13.6. The maximum absolute atomic E-state index is 13.7. The van der Waals surface area contributed by atoms with Crippen LogP contribution >= 0.6 is 0 Å². The molecule has 1 aromatic heterocycles. The van der Waals surface area contributed by atoms with Crippen molar-refractivity contribution in [1.82, 2.24) is 4.98 Å². The van der Waals surface area contributed by atoms with Gasteiger partial charge in [0.05, 0.1) is 25.4 Å². The molecule has 1 fully saturated rings. The molecule has 5 rings (SSSR count). The van der Waals surface area contributed by atoms with Crippen LogP contribution in [-0.4, -0.2) is 31.0 Å². The Morgan fingerprint density at radius 2 is 1.63 bits per heavy atom. The molecule has 1 saturated carbocycles. The molecule has 0 bridgehead atoms. The maximum atomic E-state index is 13.7. The summed E-state index contributed by atoms with van der Waals surface area (Å²) >= 11 is 0. The number of nitrogens with zero attached hydrogens (tertiary/aromatic N) is 2. The highest BCUT2D eigenvalue weighted by atomic mass is 19.1. The Hall–Kier alpha value is -4.66. The summed E-state index contributed by atoms with van der Waals surface area (Å²) in [6.45, 7) is 1.83. The minimum Gasteiger partial charge on any atom is -0.493 e. The number of aryl methyl sites for hydroxylation is 1. The van der Waals surface area contributed by atoms with Gasteiger partial charge in [-0.15, -0.1) is 0 Å². The number of carbonyl (C=O) groups excluding carboxylic acids is 2. The first-order chi connectivity index (χ1) is 18.3. The van der Waals surface area contributed by atoms with Crippen LogP contribution in [0.15, 0.2) is 66.9 Å². The van der Waals surface area contributed by atoms with Gasteiger partial charge in [0.15, 0.2) is 11.5 Å². The summed E-state index contributed by atoms with van der Waals surface area (Å²) in [6, 6.07) is 16.1. The largest absolute Gasteiger partial charge is 0.493 e. The highest BCUT2D eigenvalue weighted by molar-refractivity contribution is 6.16. The molecule has 3 aromatic carbocycles. The average Bonchev–Trinajstić information content (AvgIpc) is 3.73. The topological polar surface area (TPSA) is 104 Å². The zero-order valence-electron chi connectivity index (χ0n) is 21.2. The van der Waals surface area contributed by atoms with Crippen molar-refractivity contribution in [1.29, 1.82) is 0 Å². The Morgan fingerprint density at radius 3 is 2.24 bits per heavy atom. The Bertz CT molecular complexity index is 1550. The lowest BCUT2D eigenvalue weighted by molar-refractivity contribution is -0.133. The fourth-order valence-corrected chi connectivity index (χ4v) is 4.47. The van der Waals surface area contributed by atoms with Crippen LogP contribution in [0.4, 0.5) is 15.8 Å². The highest BCUT2D eigenvalue weighted by Gasteiger charge is 2.57. The SMILES string of the molecule is COc1cc2nccc(Oc3ccc(N(C(=O)C4(C(N)=O)CC4)c4ccc(F)cc4)c(C)c3)c2cc1OC.